The molecule has 0 saturated heterocycles. The first-order valence-corrected chi connectivity index (χ1v) is 11.3. The van der Waals surface area contributed by atoms with Gasteiger partial charge in [-0.25, -0.2) is 0 Å². The molecule has 1 amide bonds. The Bertz CT molecular complexity index is 830. The van der Waals surface area contributed by atoms with Crippen molar-refractivity contribution in [1.82, 2.24) is 10.6 Å². The Hall–Kier alpha value is -2.21. The summed E-state index contributed by atoms with van der Waals surface area (Å²) >= 11 is 4.85. The second-order valence-corrected chi connectivity index (χ2v) is 7.64. The van der Waals surface area contributed by atoms with Crippen LogP contribution in [-0.4, -0.2) is 40.6 Å². The summed E-state index contributed by atoms with van der Waals surface area (Å²) in [5, 5.41) is 6.15. The molecule has 0 radical (unpaired) electrons. The summed E-state index contributed by atoms with van der Waals surface area (Å²) in [4.78, 5) is 12.0. The van der Waals surface area contributed by atoms with Crippen molar-refractivity contribution in [2.75, 3.05) is 34.7 Å². The van der Waals surface area contributed by atoms with Gasteiger partial charge in [0.25, 0.3) is 0 Å². The maximum atomic E-state index is 12.0. The number of ether oxygens (including phenoxy) is 3. The highest BCUT2D eigenvalue weighted by atomic mass is 32.4. The van der Waals surface area contributed by atoms with Crippen LogP contribution in [0.5, 0.6) is 17.2 Å². The summed E-state index contributed by atoms with van der Waals surface area (Å²) < 4.78 is 16.4. The van der Waals surface area contributed by atoms with Crippen LogP contribution in [0.25, 0.3) is 0 Å². The average Bonchev–Trinajstić information content (AvgIpc) is 2.77. The highest BCUT2D eigenvalue weighted by Crippen LogP contribution is 2.36. The highest BCUT2D eigenvalue weighted by Gasteiger charge is 2.20. The normalized spacial score (nSPS) is 11.7. The highest BCUT2D eigenvalue weighted by molar-refractivity contribution is 7.96. The molecule has 156 valence electrons. The third-order valence-corrected chi connectivity index (χ3v) is 5.32. The minimum absolute atomic E-state index is 0.0258. The van der Waals surface area contributed by atoms with Crippen molar-refractivity contribution >= 4 is 25.1 Å². The van der Waals surface area contributed by atoms with Gasteiger partial charge in [0.2, 0.25) is 5.91 Å². The number of nitrogens with one attached hydrogen (secondary N) is 2. The molecule has 0 saturated carbocycles. The lowest BCUT2D eigenvalue weighted by molar-refractivity contribution is -0.120. The van der Waals surface area contributed by atoms with Crippen LogP contribution >= 0.6 is 7.36 Å². The van der Waals surface area contributed by atoms with Crippen molar-refractivity contribution in [3.8, 4) is 17.2 Å². The molecule has 2 rings (SSSR count). The first-order valence-electron chi connectivity index (χ1n) is 9.19. The molecule has 6 nitrogen and oxygen atoms in total. The first kappa shape index (κ1) is 23.1. The number of amides is 1. The molecule has 0 fully saturated rings. The summed E-state index contributed by atoms with van der Waals surface area (Å²) in [5.41, 5.74) is 2.99. The predicted molar refractivity (Wildman–Crippen MR) is 119 cm³/mol. The van der Waals surface area contributed by atoms with Crippen LogP contribution in [0.4, 0.5) is 0 Å². The standard InChI is InChI=1S/C21H27N2O4PS/c1-22-21(14-5-8-16(25-2)9-6-14)17-11-15(7-10-20(24)23-13-28-29)18(26-3)12-19(17)27-4/h5-6,8-9,11-12,21-22H,7,10,13H2,1-4H3,(H,23,24). The fraction of sp³-hybridized carbons (Fsp3) is 0.381. The van der Waals surface area contributed by atoms with Crippen LogP contribution in [0.15, 0.2) is 36.4 Å². The monoisotopic (exact) mass is 434 g/mol. The number of rotatable bonds is 11. The number of carbonyl (C=O) groups is 1. The largest absolute Gasteiger partial charge is 0.497 e. The first-order chi connectivity index (χ1) is 14.1. The lowest BCUT2D eigenvalue weighted by Gasteiger charge is -2.22. The summed E-state index contributed by atoms with van der Waals surface area (Å²) in [6.45, 7) is 0. The molecule has 0 aromatic heterocycles. The number of aryl methyl sites for hydroxylation is 1. The number of hydrogen-bond acceptors (Lipinski definition) is 6. The zero-order chi connectivity index (χ0) is 21.2. The van der Waals surface area contributed by atoms with Crippen molar-refractivity contribution in [2.24, 2.45) is 0 Å². The van der Waals surface area contributed by atoms with Gasteiger partial charge in [-0.15, -0.1) is 0 Å². The quantitative estimate of drug-likeness (QED) is 0.528. The topological polar surface area (TPSA) is 68.8 Å². The Morgan fingerprint density at radius 1 is 1.07 bits per heavy atom. The molecule has 0 heterocycles. The third-order valence-electron chi connectivity index (χ3n) is 4.64. The molecule has 0 bridgehead atoms. The van der Waals surface area contributed by atoms with Crippen molar-refractivity contribution < 1.29 is 19.0 Å². The molecule has 1 atom stereocenters. The zero-order valence-electron chi connectivity index (χ0n) is 17.2. The Morgan fingerprint density at radius 2 is 1.76 bits per heavy atom. The number of hydrogen-bond donors (Lipinski definition) is 2. The van der Waals surface area contributed by atoms with Crippen LogP contribution < -0.4 is 24.8 Å². The van der Waals surface area contributed by atoms with E-state index in [-0.39, 0.29) is 11.9 Å². The number of carbonyl (C=O) groups excluding carboxylic acids is 1. The molecule has 1 unspecified atom stereocenters. The smallest absolute Gasteiger partial charge is 0.220 e. The molecular weight excluding hydrogens is 407 g/mol. The van der Waals surface area contributed by atoms with Crippen LogP contribution in [0.1, 0.15) is 29.2 Å². The minimum atomic E-state index is -0.0895. The average molecular weight is 434 g/mol. The molecule has 0 aliphatic heterocycles. The van der Waals surface area contributed by atoms with Crippen LogP contribution in [0, 0.1) is 0 Å². The van der Waals surface area contributed by atoms with Gasteiger partial charge in [-0.05, 0) is 50.2 Å². The molecule has 2 N–H and O–H groups in total. The SMILES string of the molecule is CNC(c1ccc(OC)cc1)c1cc(CCC(=O)NCP=S)c(OC)cc1OC. The maximum absolute atomic E-state index is 12.0. The summed E-state index contributed by atoms with van der Waals surface area (Å²) in [7, 11) is 7.53. The lowest BCUT2D eigenvalue weighted by atomic mass is 9.94. The van der Waals surface area contributed by atoms with Crippen molar-refractivity contribution in [3.63, 3.8) is 0 Å². The fourth-order valence-electron chi connectivity index (χ4n) is 3.17. The van der Waals surface area contributed by atoms with Gasteiger partial charge in [0.15, 0.2) is 0 Å². The lowest BCUT2D eigenvalue weighted by Crippen LogP contribution is -2.22. The molecule has 0 aliphatic rings. The van der Waals surface area contributed by atoms with Gasteiger partial charge in [0, 0.05) is 18.1 Å². The molecule has 0 spiro atoms. The van der Waals surface area contributed by atoms with Gasteiger partial charge in [-0.3, -0.25) is 4.79 Å². The van der Waals surface area contributed by atoms with E-state index in [1.807, 2.05) is 43.4 Å². The van der Waals surface area contributed by atoms with Gasteiger partial charge >= 0.3 is 0 Å². The van der Waals surface area contributed by atoms with E-state index in [1.165, 1.54) is 0 Å². The Morgan fingerprint density at radius 3 is 2.31 bits per heavy atom. The van der Waals surface area contributed by atoms with E-state index in [0.29, 0.717) is 24.9 Å². The number of methoxy groups -OCH3 is 3. The van der Waals surface area contributed by atoms with Gasteiger partial charge < -0.3 is 24.8 Å². The second kappa shape index (κ2) is 11.7. The van der Waals surface area contributed by atoms with E-state index in [0.717, 1.165) is 35.5 Å². The third kappa shape index (κ3) is 6.13. The van der Waals surface area contributed by atoms with Crippen molar-refractivity contribution in [3.05, 3.63) is 53.1 Å². The molecule has 2 aromatic rings. The van der Waals surface area contributed by atoms with Gasteiger partial charge in [0.1, 0.15) is 17.2 Å². The van der Waals surface area contributed by atoms with E-state index < -0.39 is 0 Å². The summed E-state index contributed by atoms with van der Waals surface area (Å²) in [6, 6.07) is 11.7. The van der Waals surface area contributed by atoms with Crippen molar-refractivity contribution in [2.45, 2.75) is 18.9 Å². The fourth-order valence-corrected chi connectivity index (χ4v) is 3.60. The number of benzene rings is 2. The second-order valence-electron chi connectivity index (χ2n) is 6.29. The van der Waals surface area contributed by atoms with Crippen LogP contribution in [-0.2, 0) is 23.0 Å². The predicted octanol–water partition coefficient (Wildman–Crippen LogP) is 3.44. The van der Waals surface area contributed by atoms with E-state index in [9.17, 15) is 4.79 Å². The van der Waals surface area contributed by atoms with Crippen LogP contribution in [0.2, 0.25) is 0 Å². The minimum Gasteiger partial charge on any atom is -0.497 e. The zero-order valence-corrected chi connectivity index (χ0v) is 18.9. The Kier molecular flexibility index (Phi) is 9.32. The molecular formula is C21H27N2O4PS. The van der Waals surface area contributed by atoms with E-state index in [2.05, 4.69) is 10.6 Å². The Labute approximate surface area is 178 Å². The molecule has 2 aromatic carbocycles. The van der Waals surface area contributed by atoms with Gasteiger partial charge in [-0.2, -0.15) is 0 Å². The van der Waals surface area contributed by atoms with E-state index >= 15 is 0 Å². The Balaban J connectivity index is 2.37. The molecule has 0 aliphatic carbocycles. The molecule has 8 heteroatoms. The van der Waals surface area contributed by atoms with E-state index in [1.54, 1.807) is 21.3 Å². The van der Waals surface area contributed by atoms with Gasteiger partial charge in [-0.1, -0.05) is 23.9 Å². The maximum Gasteiger partial charge on any atom is 0.220 e. The van der Waals surface area contributed by atoms with Crippen molar-refractivity contribution in [1.29, 1.82) is 0 Å². The summed E-state index contributed by atoms with van der Waals surface area (Å²) in [5.74, 6) is 2.19. The summed E-state index contributed by atoms with van der Waals surface area (Å²) in [6.07, 6.45) is 1.40. The van der Waals surface area contributed by atoms with Crippen LogP contribution in [0.3, 0.4) is 0 Å². The van der Waals surface area contributed by atoms with E-state index in [4.69, 9.17) is 26.0 Å². The molecule has 29 heavy (non-hydrogen) atoms. The van der Waals surface area contributed by atoms with Gasteiger partial charge in [0.05, 0.1) is 33.7 Å².